The SMILES string of the molecule is C.CC(=O)Oc1ccccc1C(=O)O.O=C(O)[C@H]1O[C@@H](Oc2cc3oc(-c4ccccc4)cc(=O)c3c(O)c2O)[C@H](O)[C@@H](O)[C@@H]1O.Oc1cc(O)c2c(c1)O[C@H](c1ccc(O)c(O)c1)[C@@H](O)C2. The Balaban J connectivity index is 0.000000206. The average Bonchev–Trinajstić information content (AvgIpc) is 3.27. The number of aromatic carboxylic acids is 1. The Kier molecular flexibility index (Phi) is 15.5. The number of carbonyl (C=O) groups excluding carboxylic acids is 1. The third-order valence-corrected chi connectivity index (χ3v) is 9.93. The number of phenolic OH excluding ortho intramolecular Hbond substituents is 6. The largest absolute Gasteiger partial charge is 0.508 e. The van der Waals surface area contributed by atoms with Gasteiger partial charge in [0.05, 0.1) is 6.10 Å². The zero-order valence-corrected chi connectivity index (χ0v) is 34.0. The summed E-state index contributed by atoms with van der Waals surface area (Å²) >= 11 is 0. The van der Waals surface area contributed by atoms with Gasteiger partial charge in [0.2, 0.25) is 12.0 Å². The molecule has 21 heteroatoms. The van der Waals surface area contributed by atoms with Crippen LogP contribution in [0.4, 0.5) is 0 Å². The van der Waals surface area contributed by atoms with E-state index < -0.39 is 83.5 Å². The van der Waals surface area contributed by atoms with E-state index in [4.69, 9.17) is 28.8 Å². The highest BCUT2D eigenvalue weighted by Crippen LogP contribution is 2.44. The van der Waals surface area contributed by atoms with E-state index in [1.54, 1.807) is 42.5 Å². The van der Waals surface area contributed by atoms with Crippen LogP contribution in [0.5, 0.6) is 51.7 Å². The van der Waals surface area contributed by atoms with Gasteiger partial charge in [-0.25, -0.2) is 9.59 Å². The molecule has 0 bridgehead atoms. The van der Waals surface area contributed by atoms with Crippen LogP contribution in [0.1, 0.15) is 41.9 Å². The molecule has 354 valence electrons. The predicted molar refractivity (Wildman–Crippen MR) is 230 cm³/mol. The summed E-state index contributed by atoms with van der Waals surface area (Å²) in [5.41, 5.74) is 0.614. The topological polar surface area (TPSA) is 361 Å². The molecule has 1 fully saturated rings. The summed E-state index contributed by atoms with van der Waals surface area (Å²) in [5, 5.41) is 116. The summed E-state index contributed by atoms with van der Waals surface area (Å²) in [6.45, 7) is 1.22. The van der Waals surface area contributed by atoms with Crippen LogP contribution in [0.15, 0.2) is 106 Å². The number of hydrogen-bond donors (Lipinski definition) is 12. The van der Waals surface area contributed by atoms with Gasteiger partial charge in [-0.05, 0) is 29.8 Å². The minimum atomic E-state index is -1.94. The smallest absolute Gasteiger partial charge is 0.339 e. The Bertz CT molecular complexity index is 2820. The fourth-order valence-corrected chi connectivity index (χ4v) is 6.73. The molecule has 2 aliphatic rings. The number of hydrogen-bond acceptors (Lipinski definition) is 19. The first-order valence-corrected chi connectivity index (χ1v) is 19.3. The first kappa shape index (κ1) is 49.9. The van der Waals surface area contributed by atoms with Crippen molar-refractivity contribution in [3.63, 3.8) is 0 Å². The van der Waals surface area contributed by atoms with Crippen LogP contribution in [-0.4, -0.2) is 116 Å². The first-order valence-electron chi connectivity index (χ1n) is 19.3. The highest BCUT2D eigenvalue weighted by molar-refractivity contribution is 5.92. The third-order valence-electron chi connectivity index (χ3n) is 9.93. The lowest BCUT2D eigenvalue weighted by atomic mass is 9.94. The number of phenols is 6. The van der Waals surface area contributed by atoms with Gasteiger partial charge >= 0.3 is 17.9 Å². The van der Waals surface area contributed by atoms with Crippen molar-refractivity contribution in [2.75, 3.05) is 0 Å². The summed E-state index contributed by atoms with van der Waals surface area (Å²) in [6.07, 6.45) is -11.1. The van der Waals surface area contributed by atoms with Gasteiger partial charge in [-0.3, -0.25) is 9.59 Å². The Labute approximate surface area is 378 Å². The molecule has 0 unspecified atom stereocenters. The van der Waals surface area contributed by atoms with Gasteiger partial charge in [0, 0.05) is 48.7 Å². The zero-order valence-electron chi connectivity index (χ0n) is 34.0. The molecule has 0 aliphatic carbocycles. The minimum absolute atomic E-state index is 0. The van der Waals surface area contributed by atoms with E-state index in [0.29, 0.717) is 16.7 Å². The number of carboxylic acid groups (broad SMARTS) is 2. The van der Waals surface area contributed by atoms with Gasteiger partial charge in [0.25, 0.3) is 0 Å². The third kappa shape index (κ3) is 11.1. The maximum absolute atomic E-state index is 12.5. The lowest BCUT2D eigenvalue weighted by molar-refractivity contribution is -0.271. The van der Waals surface area contributed by atoms with Gasteiger partial charge < -0.3 is 84.6 Å². The van der Waals surface area contributed by atoms with E-state index in [2.05, 4.69) is 4.74 Å². The number of carbonyl (C=O) groups is 3. The fraction of sp³-hybridized carbons (Fsp3) is 0.217. The Hall–Kier alpha value is -8.08. The van der Waals surface area contributed by atoms with Crippen LogP contribution in [0.3, 0.4) is 0 Å². The summed E-state index contributed by atoms with van der Waals surface area (Å²) in [7, 11) is 0. The molecular formula is C46H44O21. The number of fused-ring (bicyclic) bond motifs is 2. The van der Waals surface area contributed by atoms with Crippen molar-refractivity contribution in [3.8, 4) is 63.1 Å². The van der Waals surface area contributed by atoms with E-state index in [-0.39, 0.29) is 70.6 Å². The standard InChI is InChI=1S/C21H18O11.C15H14O6.C9H8O4.CH4/c22-9-6-10(8-4-2-1-3-5-8)30-11-7-12(14(23)15(24)13(9)11)31-21-18(27)16(25)17(26)19(32-21)20(28)29;16-8-4-11(18)9-6-13(20)15(21-14(9)5-8)7-1-2-10(17)12(19)3-7;1-6(10)13-8-5-3-2-4-7(8)9(11)12;/h1-7,16-19,21,23-27H,(H,28,29);1-5,13,15-20H,6H2;2-5H,1H3,(H,11,12);1H4/t16-,17-,18+,19-,21+;13-,15+;;/m00../s1. The van der Waals surface area contributed by atoms with Gasteiger partial charge in [0.15, 0.2) is 34.5 Å². The molecule has 7 atom stereocenters. The average molecular weight is 933 g/mol. The van der Waals surface area contributed by atoms with Crippen LogP contribution in [0.25, 0.3) is 22.3 Å². The normalized spacial score (nSPS) is 20.5. The monoisotopic (exact) mass is 932 g/mol. The van der Waals surface area contributed by atoms with E-state index in [1.165, 1.54) is 49.4 Å². The summed E-state index contributed by atoms with van der Waals surface area (Å²) in [6, 6.07) is 23.4. The molecule has 1 saturated heterocycles. The summed E-state index contributed by atoms with van der Waals surface area (Å²) < 4.78 is 26.3. The highest BCUT2D eigenvalue weighted by Gasteiger charge is 2.48. The van der Waals surface area contributed by atoms with Crippen molar-refractivity contribution in [1.82, 2.24) is 0 Å². The molecule has 3 heterocycles. The fourth-order valence-electron chi connectivity index (χ4n) is 6.73. The second kappa shape index (κ2) is 20.8. The highest BCUT2D eigenvalue weighted by atomic mass is 16.7. The van der Waals surface area contributed by atoms with E-state index in [9.17, 15) is 70.2 Å². The molecule has 2 aliphatic heterocycles. The van der Waals surface area contributed by atoms with Gasteiger partial charge in [-0.1, -0.05) is 56.0 Å². The molecule has 0 saturated carbocycles. The first-order chi connectivity index (χ1) is 31.2. The van der Waals surface area contributed by atoms with Crippen LogP contribution in [-0.2, 0) is 20.7 Å². The number of aliphatic hydroxyl groups is 4. The van der Waals surface area contributed by atoms with Crippen LogP contribution < -0.4 is 19.6 Å². The molecular weight excluding hydrogens is 888 g/mol. The van der Waals surface area contributed by atoms with Crippen LogP contribution in [0, 0.1) is 0 Å². The predicted octanol–water partition coefficient (Wildman–Crippen LogP) is 3.63. The number of ether oxygens (including phenoxy) is 4. The molecule has 12 N–H and O–H groups in total. The van der Waals surface area contributed by atoms with Crippen molar-refractivity contribution < 1.29 is 99.0 Å². The van der Waals surface area contributed by atoms with E-state index >= 15 is 0 Å². The number of aliphatic hydroxyl groups excluding tert-OH is 4. The molecule has 6 aromatic rings. The minimum Gasteiger partial charge on any atom is -0.508 e. The number of aliphatic carboxylic acids is 1. The summed E-state index contributed by atoms with van der Waals surface area (Å²) in [5.74, 6) is -5.92. The lowest BCUT2D eigenvalue weighted by Crippen LogP contribution is -2.61. The number of aromatic hydroxyl groups is 6. The van der Waals surface area contributed by atoms with Gasteiger partial charge in [-0.15, -0.1) is 0 Å². The molecule has 1 aromatic heterocycles. The number of carboxylic acids is 2. The molecule has 0 radical (unpaired) electrons. The molecule has 0 amide bonds. The van der Waals surface area contributed by atoms with E-state index in [1.807, 2.05) is 0 Å². The Morgan fingerprint density at radius 3 is 2.01 bits per heavy atom. The second-order valence-corrected chi connectivity index (χ2v) is 14.5. The molecule has 8 rings (SSSR count). The summed E-state index contributed by atoms with van der Waals surface area (Å²) in [4.78, 5) is 45.0. The van der Waals surface area contributed by atoms with Crippen molar-refractivity contribution >= 4 is 28.9 Å². The number of esters is 1. The Morgan fingerprint density at radius 2 is 1.37 bits per heavy atom. The van der Waals surface area contributed by atoms with Crippen molar-refractivity contribution in [2.45, 2.75) is 63.7 Å². The van der Waals surface area contributed by atoms with Gasteiger partial charge in [-0.2, -0.15) is 0 Å². The second-order valence-electron chi connectivity index (χ2n) is 14.5. The van der Waals surface area contributed by atoms with Crippen LogP contribution >= 0.6 is 0 Å². The van der Waals surface area contributed by atoms with Crippen LogP contribution in [0.2, 0.25) is 0 Å². The van der Waals surface area contributed by atoms with Gasteiger partial charge in [0.1, 0.15) is 69.7 Å². The quantitative estimate of drug-likeness (QED) is 0.0617. The van der Waals surface area contributed by atoms with Crippen molar-refractivity contribution in [2.24, 2.45) is 0 Å². The maximum Gasteiger partial charge on any atom is 0.339 e. The molecule has 0 spiro atoms. The molecule has 21 nitrogen and oxygen atoms in total. The number of benzene rings is 5. The van der Waals surface area contributed by atoms with Crippen molar-refractivity contribution in [1.29, 1.82) is 0 Å². The lowest BCUT2D eigenvalue weighted by Gasteiger charge is -2.38. The zero-order chi connectivity index (χ0) is 48.1. The maximum atomic E-state index is 12.5. The molecule has 67 heavy (non-hydrogen) atoms. The van der Waals surface area contributed by atoms with E-state index in [0.717, 1.165) is 12.1 Å². The number of para-hydroxylation sites is 1. The molecule has 5 aromatic carbocycles. The number of rotatable bonds is 7. The Morgan fingerprint density at radius 1 is 0.701 bits per heavy atom. The van der Waals surface area contributed by atoms with Crippen molar-refractivity contribution in [3.05, 3.63) is 124 Å².